The van der Waals surface area contributed by atoms with Crippen molar-refractivity contribution in [2.24, 2.45) is 5.92 Å². The molecule has 0 bridgehead atoms. The number of rotatable bonds is 6. The number of aliphatic hydroxyl groups is 1. The summed E-state index contributed by atoms with van der Waals surface area (Å²) in [4.78, 5) is 16.6. The molecular formula is C18H24N2O3. The summed E-state index contributed by atoms with van der Waals surface area (Å²) in [7, 11) is 1.58. The fourth-order valence-electron chi connectivity index (χ4n) is 3.40. The molecule has 1 heterocycles. The van der Waals surface area contributed by atoms with E-state index in [1.165, 1.54) is 5.57 Å². The molecule has 1 aromatic rings. The van der Waals surface area contributed by atoms with Crippen LogP contribution >= 0.6 is 0 Å². The molecule has 0 aliphatic heterocycles. The van der Waals surface area contributed by atoms with Gasteiger partial charge in [0.1, 0.15) is 0 Å². The van der Waals surface area contributed by atoms with Gasteiger partial charge in [0.2, 0.25) is 11.8 Å². The molecule has 2 N–H and O–H groups in total. The van der Waals surface area contributed by atoms with Gasteiger partial charge in [0, 0.05) is 18.7 Å². The van der Waals surface area contributed by atoms with Crippen LogP contribution in [0.5, 0.6) is 5.88 Å². The lowest BCUT2D eigenvalue weighted by Crippen LogP contribution is -2.41. The lowest BCUT2D eigenvalue weighted by atomic mass is 9.75. The maximum Gasteiger partial charge on any atom is 0.224 e. The number of hydrogen-bond acceptors (Lipinski definition) is 4. The van der Waals surface area contributed by atoms with Gasteiger partial charge in [0.05, 0.1) is 19.3 Å². The Hall–Kier alpha value is -1.88. The molecule has 1 saturated carbocycles. The Morgan fingerprint density at radius 3 is 2.87 bits per heavy atom. The number of aliphatic hydroxyl groups excluding tert-OH is 1. The first kappa shape index (κ1) is 16.0. The minimum Gasteiger partial charge on any atom is -0.481 e. The average molecular weight is 316 g/mol. The number of aromatic nitrogens is 1. The van der Waals surface area contributed by atoms with E-state index in [0.29, 0.717) is 12.3 Å². The predicted octanol–water partition coefficient (Wildman–Crippen LogP) is 2.52. The van der Waals surface area contributed by atoms with Crippen LogP contribution in [0.15, 0.2) is 30.0 Å². The van der Waals surface area contributed by atoms with Gasteiger partial charge in [0.25, 0.3) is 0 Å². The second-order valence-electron chi connectivity index (χ2n) is 6.50. The average Bonchev–Trinajstić information content (AvgIpc) is 3.03. The number of nitrogens with one attached hydrogen (secondary N) is 1. The smallest absolute Gasteiger partial charge is 0.224 e. The predicted molar refractivity (Wildman–Crippen MR) is 87.0 cm³/mol. The minimum atomic E-state index is -0.247. The second kappa shape index (κ2) is 7.13. The van der Waals surface area contributed by atoms with E-state index in [4.69, 9.17) is 4.74 Å². The van der Waals surface area contributed by atoms with Crippen LogP contribution < -0.4 is 10.1 Å². The number of hydrogen-bond donors (Lipinski definition) is 2. The first-order valence-electron chi connectivity index (χ1n) is 8.31. The van der Waals surface area contributed by atoms with Crippen LogP contribution in [-0.2, 0) is 4.79 Å². The Kier molecular flexibility index (Phi) is 4.96. The molecule has 23 heavy (non-hydrogen) atoms. The second-order valence-corrected chi connectivity index (χ2v) is 6.50. The van der Waals surface area contributed by atoms with Gasteiger partial charge >= 0.3 is 0 Å². The first-order chi connectivity index (χ1) is 11.2. The molecule has 0 unspecified atom stereocenters. The van der Waals surface area contributed by atoms with Gasteiger partial charge in [-0.3, -0.25) is 4.79 Å². The third kappa shape index (κ3) is 3.91. The van der Waals surface area contributed by atoms with E-state index in [9.17, 15) is 9.90 Å². The highest BCUT2D eigenvalue weighted by molar-refractivity contribution is 5.79. The number of carbonyl (C=O) groups excluding carboxylic acids is 1. The lowest BCUT2D eigenvalue weighted by molar-refractivity contribution is -0.122. The summed E-state index contributed by atoms with van der Waals surface area (Å²) in [6, 6.07) is 3.66. The third-order valence-electron chi connectivity index (χ3n) is 4.79. The van der Waals surface area contributed by atoms with Crippen molar-refractivity contribution in [3.05, 3.63) is 35.5 Å². The lowest BCUT2D eigenvalue weighted by Gasteiger charge is -2.38. The summed E-state index contributed by atoms with van der Waals surface area (Å²) in [5, 5.41) is 12.8. The topological polar surface area (TPSA) is 71.5 Å². The Bertz CT molecular complexity index is 576. The van der Waals surface area contributed by atoms with E-state index in [1.54, 1.807) is 13.3 Å². The van der Waals surface area contributed by atoms with E-state index in [-0.39, 0.29) is 24.0 Å². The Morgan fingerprint density at radius 1 is 1.48 bits per heavy atom. The molecule has 0 spiro atoms. The highest BCUT2D eigenvalue weighted by atomic mass is 16.5. The van der Waals surface area contributed by atoms with Gasteiger partial charge in [-0.25, -0.2) is 4.98 Å². The van der Waals surface area contributed by atoms with Crippen LogP contribution in [0.4, 0.5) is 0 Å². The molecule has 5 heteroatoms. The van der Waals surface area contributed by atoms with Crippen LogP contribution in [0.25, 0.3) is 0 Å². The fourth-order valence-corrected chi connectivity index (χ4v) is 3.40. The van der Waals surface area contributed by atoms with E-state index in [1.807, 2.05) is 12.1 Å². The van der Waals surface area contributed by atoms with Gasteiger partial charge < -0.3 is 15.2 Å². The van der Waals surface area contributed by atoms with E-state index in [2.05, 4.69) is 16.4 Å². The molecule has 2 aliphatic rings. The Labute approximate surface area is 136 Å². The Balaban J connectivity index is 1.68. The number of allylic oxidation sites excluding steroid dienone is 1. The van der Waals surface area contributed by atoms with Gasteiger partial charge in [-0.2, -0.15) is 0 Å². The standard InChI is InChI=1S/C18H24N2O3/c1-23-17-7-6-13(11-19-17)18(14-9-15(21)10-14)20-16(22)8-12-4-2-3-5-12/h4,6-7,11,14-15,18,21H,2-3,5,8-10H2,1H3,(H,20,22)/t14?,15?,18-/m1/s1. The molecule has 1 aromatic heterocycles. The zero-order valence-corrected chi connectivity index (χ0v) is 13.5. The summed E-state index contributed by atoms with van der Waals surface area (Å²) in [6.45, 7) is 0. The van der Waals surface area contributed by atoms with Crippen molar-refractivity contribution < 1.29 is 14.6 Å². The number of methoxy groups -OCH3 is 1. The molecule has 124 valence electrons. The van der Waals surface area contributed by atoms with Crippen molar-refractivity contribution in [1.29, 1.82) is 0 Å². The summed E-state index contributed by atoms with van der Waals surface area (Å²) < 4.78 is 5.09. The number of nitrogens with zero attached hydrogens (tertiary/aromatic N) is 1. The molecule has 1 atom stereocenters. The van der Waals surface area contributed by atoms with Crippen LogP contribution in [0.1, 0.15) is 50.1 Å². The molecular weight excluding hydrogens is 292 g/mol. The van der Waals surface area contributed by atoms with Crippen molar-refractivity contribution in [2.75, 3.05) is 7.11 Å². The molecule has 0 aromatic carbocycles. The summed E-state index contributed by atoms with van der Waals surface area (Å²) in [6.07, 6.45) is 8.88. The van der Waals surface area contributed by atoms with Crippen molar-refractivity contribution in [2.45, 2.75) is 50.7 Å². The minimum absolute atomic E-state index is 0.0559. The van der Waals surface area contributed by atoms with Gasteiger partial charge in [-0.15, -0.1) is 0 Å². The quantitative estimate of drug-likeness (QED) is 0.791. The third-order valence-corrected chi connectivity index (χ3v) is 4.79. The largest absolute Gasteiger partial charge is 0.481 e. The molecule has 1 amide bonds. The highest BCUT2D eigenvalue weighted by Gasteiger charge is 2.35. The van der Waals surface area contributed by atoms with Crippen LogP contribution in [0.3, 0.4) is 0 Å². The summed E-state index contributed by atoms with van der Waals surface area (Å²) in [5.41, 5.74) is 2.21. The number of amides is 1. The highest BCUT2D eigenvalue weighted by Crippen LogP contribution is 2.38. The zero-order valence-electron chi connectivity index (χ0n) is 13.5. The summed E-state index contributed by atoms with van der Waals surface area (Å²) in [5.74, 6) is 0.880. The number of carbonyl (C=O) groups is 1. The molecule has 5 nitrogen and oxygen atoms in total. The summed E-state index contributed by atoms with van der Waals surface area (Å²) >= 11 is 0. The molecule has 2 aliphatic carbocycles. The van der Waals surface area contributed by atoms with Crippen LogP contribution in [0.2, 0.25) is 0 Å². The fraction of sp³-hybridized carbons (Fsp3) is 0.556. The van der Waals surface area contributed by atoms with Crippen molar-refractivity contribution in [1.82, 2.24) is 10.3 Å². The van der Waals surface area contributed by atoms with Crippen LogP contribution in [-0.4, -0.2) is 29.2 Å². The maximum absolute atomic E-state index is 12.4. The van der Waals surface area contributed by atoms with Gasteiger partial charge in [-0.1, -0.05) is 17.7 Å². The van der Waals surface area contributed by atoms with E-state index < -0.39 is 0 Å². The maximum atomic E-state index is 12.4. The van der Waals surface area contributed by atoms with Crippen LogP contribution in [0, 0.1) is 5.92 Å². The SMILES string of the molecule is COc1ccc([C@@H](NC(=O)CC2=CCCC2)C2CC(O)C2)cn1. The normalized spacial score (nSPS) is 24.5. The van der Waals surface area contributed by atoms with Gasteiger partial charge in [-0.05, 0) is 43.6 Å². The van der Waals surface area contributed by atoms with E-state index in [0.717, 1.165) is 37.7 Å². The molecule has 3 rings (SSSR count). The van der Waals surface area contributed by atoms with Crippen molar-refractivity contribution >= 4 is 5.91 Å². The van der Waals surface area contributed by atoms with Crippen molar-refractivity contribution in [3.8, 4) is 5.88 Å². The Morgan fingerprint density at radius 2 is 2.30 bits per heavy atom. The molecule has 0 saturated heterocycles. The van der Waals surface area contributed by atoms with Crippen molar-refractivity contribution in [3.63, 3.8) is 0 Å². The number of ether oxygens (including phenoxy) is 1. The number of pyridine rings is 1. The molecule has 0 radical (unpaired) electrons. The first-order valence-corrected chi connectivity index (χ1v) is 8.31. The van der Waals surface area contributed by atoms with Gasteiger partial charge in [0.15, 0.2) is 0 Å². The monoisotopic (exact) mass is 316 g/mol. The zero-order chi connectivity index (χ0) is 16.2. The van der Waals surface area contributed by atoms with E-state index >= 15 is 0 Å². The molecule has 1 fully saturated rings.